The van der Waals surface area contributed by atoms with E-state index in [4.69, 9.17) is 9.97 Å². The number of aromatic nitrogens is 3. The average molecular weight is 767 g/mol. The highest BCUT2D eigenvalue weighted by Gasteiger charge is 2.37. The third kappa shape index (κ3) is 5.60. The average Bonchev–Trinajstić information content (AvgIpc) is 3.84. The van der Waals surface area contributed by atoms with E-state index in [2.05, 4.69) is 204 Å². The van der Waals surface area contributed by atoms with E-state index in [1.807, 2.05) is 24.3 Å². The summed E-state index contributed by atoms with van der Waals surface area (Å²) in [5, 5.41) is 2.48. The Kier molecular flexibility index (Phi) is 7.95. The molecule has 0 N–H and O–H groups in total. The molecule has 0 bridgehead atoms. The quantitative estimate of drug-likeness (QED) is 0.169. The summed E-state index contributed by atoms with van der Waals surface area (Å²) in [6.07, 6.45) is 9.03. The maximum Gasteiger partial charge on any atom is 0.0973 e. The normalized spacial score (nSPS) is 15.5. The molecule has 2 atom stereocenters. The Bertz CT molecular complexity index is 3310. The Balaban J connectivity index is 0.893. The second-order valence-corrected chi connectivity index (χ2v) is 15.7. The summed E-state index contributed by atoms with van der Waals surface area (Å²) in [6.45, 7) is 0. The maximum atomic E-state index is 5.24. The Morgan fingerprint density at radius 1 is 0.383 bits per heavy atom. The first-order valence-electron chi connectivity index (χ1n) is 20.7. The maximum absolute atomic E-state index is 5.24. The summed E-state index contributed by atoms with van der Waals surface area (Å²) in [5.74, 6) is 0.302. The van der Waals surface area contributed by atoms with Crippen molar-refractivity contribution in [1.82, 2.24) is 14.5 Å². The largest absolute Gasteiger partial charge is 0.333 e. The molecule has 4 nitrogen and oxygen atoms in total. The number of para-hydroxylation sites is 5. The number of fused-ring (bicyclic) bond motifs is 7. The van der Waals surface area contributed by atoms with Crippen LogP contribution in [0.4, 0.5) is 11.4 Å². The van der Waals surface area contributed by atoms with E-state index < -0.39 is 0 Å². The molecule has 12 rings (SSSR count). The molecule has 0 spiro atoms. The van der Waals surface area contributed by atoms with Crippen LogP contribution < -0.4 is 4.90 Å². The van der Waals surface area contributed by atoms with Gasteiger partial charge in [0.05, 0.1) is 39.5 Å². The van der Waals surface area contributed by atoms with Crippen LogP contribution in [0.5, 0.6) is 0 Å². The van der Waals surface area contributed by atoms with E-state index in [1.54, 1.807) is 0 Å². The van der Waals surface area contributed by atoms with Crippen molar-refractivity contribution in [3.8, 4) is 50.5 Å². The highest BCUT2D eigenvalue weighted by Crippen LogP contribution is 2.49. The second kappa shape index (κ2) is 13.9. The molecule has 60 heavy (non-hydrogen) atoms. The molecule has 4 heteroatoms. The predicted octanol–water partition coefficient (Wildman–Crippen LogP) is 14.1. The zero-order valence-electron chi connectivity index (χ0n) is 32.7. The first kappa shape index (κ1) is 34.2. The predicted molar refractivity (Wildman–Crippen MR) is 249 cm³/mol. The Morgan fingerprint density at radius 2 is 0.900 bits per heavy atom. The van der Waals surface area contributed by atoms with Gasteiger partial charge in [-0.1, -0.05) is 152 Å². The van der Waals surface area contributed by atoms with Crippen LogP contribution in [-0.2, 0) is 0 Å². The molecule has 0 amide bonds. The van der Waals surface area contributed by atoms with Crippen molar-refractivity contribution in [2.24, 2.45) is 0 Å². The van der Waals surface area contributed by atoms with Crippen molar-refractivity contribution in [2.75, 3.05) is 4.90 Å². The fraction of sp³-hybridized carbons (Fsp3) is 0.0357. The molecule has 1 aliphatic carbocycles. The molecule has 8 aromatic carbocycles. The number of anilines is 2. The van der Waals surface area contributed by atoms with Gasteiger partial charge in [0, 0.05) is 44.9 Å². The van der Waals surface area contributed by atoms with Gasteiger partial charge in [0.2, 0.25) is 0 Å². The molecular weight excluding hydrogens is 729 g/mol. The van der Waals surface area contributed by atoms with Gasteiger partial charge in [-0.3, -0.25) is 0 Å². The number of hydrogen-bond acceptors (Lipinski definition) is 3. The van der Waals surface area contributed by atoms with Crippen LogP contribution in [0.15, 0.2) is 218 Å². The van der Waals surface area contributed by atoms with E-state index in [-0.39, 0.29) is 6.04 Å². The van der Waals surface area contributed by atoms with Gasteiger partial charge < -0.3 is 9.47 Å². The van der Waals surface area contributed by atoms with Gasteiger partial charge in [-0.2, -0.15) is 0 Å². The Labute approximate surface area is 348 Å². The minimum Gasteiger partial charge on any atom is -0.333 e. The summed E-state index contributed by atoms with van der Waals surface area (Å²) < 4.78 is 2.36. The molecule has 0 radical (unpaired) electrons. The molecule has 282 valence electrons. The van der Waals surface area contributed by atoms with Crippen LogP contribution in [0.1, 0.15) is 11.5 Å². The summed E-state index contributed by atoms with van der Waals surface area (Å²) in [7, 11) is 0. The number of rotatable bonds is 6. The SMILES string of the molecule is C1=CC2c3cc(-c4ccc(-c5nc6ccccc6nc5-c5ccc(-c6ccc7c(c6)c6ccccc6n7-c6ccccc6)cc5)cc4)ccc3N(c3ccccc3)C2C=C1. The smallest absolute Gasteiger partial charge is 0.0973 e. The fourth-order valence-electron chi connectivity index (χ4n) is 9.46. The molecule has 3 heterocycles. The third-order valence-electron chi connectivity index (χ3n) is 12.3. The molecule has 0 fully saturated rings. The fourth-order valence-corrected chi connectivity index (χ4v) is 9.46. The van der Waals surface area contributed by atoms with Gasteiger partial charge in [-0.15, -0.1) is 0 Å². The van der Waals surface area contributed by atoms with E-state index in [0.29, 0.717) is 5.92 Å². The summed E-state index contributed by atoms with van der Waals surface area (Å²) in [4.78, 5) is 13.0. The van der Waals surface area contributed by atoms with Crippen LogP contribution in [0.3, 0.4) is 0 Å². The molecular formula is C56H38N4. The molecule has 10 aromatic rings. The first-order valence-corrected chi connectivity index (χ1v) is 20.7. The minimum atomic E-state index is 0.265. The number of benzene rings is 8. The van der Waals surface area contributed by atoms with Crippen molar-refractivity contribution in [1.29, 1.82) is 0 Å². The van der Waals surface area contributed by atoms with Gasteiger partial charge in [0.1, 0.15) is 0 Å². The lowest BCUT2D eigenvalue weighted by Gasteiger charge is -2.28. The van der Waals surface area contributed by atoms with Gasteiger partial charge in [-0.25, -0.2) is 9.97 Å². The van der Waals surface area contributed by atoms with E-state index in [1.165, 1.54) is 55.4 Å². The van der Waals surface area contributed by atoms with E-state index in [0.717, 1.165) is 44.8 Å². The molecule has 0 saturated heterocycles. The van der Waals surface area contributed by atoms with E-state index in [9.17, 15) is 0 Å². The second-order valence-electron chi connectivity index (χ2n) is 15.7. The highest BCUT2D eigenvalue weighted by atomic mass is 15.2. The Morgan fingerprint density at radius 3 is 1.58 bits per heavy atom. The molecule has 2 unspecified atom stereocenters. The lowest BCUT2D eigenvalue weighted by Crippen LogP contribution is -2.28. The summed E-state index contributed by atoms with van der Waals surface area (Å²) in [6, 6.07) is 69.8. The van der Waals surface area contributed by atoms with Gasteiger partial charge in [0.15, 0.2) is 0 Å². The van der Waals surface area contributed by atoms with Crippen molar-refractivity contribution >= 4 is 44.2 Å². The summed E-state index contributed by atoms with van der Waals surface area (Å²) in [5.41, 5.74) is 17.7. The number of allylic oxidation sites excluding steroid dienone is 2. The zero-order chi connectivity index (χ0) is 39.6. The van der Waals surface area contributed by atoms with Crippen molar-refractivity contribution in [3.05, 3.63) is 224 Å². The monoisotopic (exact) mass is 766 g/mol. The van der Waals surface area contributed by atoms with Crippen LogP contribution in [-0.4, -0.2) is 20.6 Å². The van der Waals surface area contributed by atoms with Crippen LogP contribution in [0, 0.1) is 0 Å². The summed E-state index contributed by atoms with van der Waals surface area (Å²) >= 11 is 0. The van der Waals surface area contributed by atoms with E-state index >= 15 is 0 Å². The van der Waals surface area contributed by atoms with Gasteiger partial charge >= 0.3 is 0 Å². The first-order chi connectivity index (χ1) is 29.7. The highest BCUT2D eigenvalue weighted by molar-refractivity contribution is 6.10. The van der Waals surface area contributed by atoms with Gasteiger partial charge in [0.25, 0.3) is 0 Å². The van der Waals surface area contributed by atoms with Gasteiger partial charge in [-0.05, 0) is 94.5 Å². The molecule has 2 aliphatic rings. The van der Waals surface area contributed by atoms with Crippen molar-refractivity contribution < 1.29 is 0 Å². The lowest BCUT2D eigenvalue weighted by atomic mass is 9.89. The lowest BCUT2D eigenvalue weighted by molar-refractivity contribution is 0.745. The molecule has 0 saturated carbocycles. The molecule has 1 aliphatic heterocycles. The van der Waals surface area contributed by atoms with Crippen LogP contribution >= 0.6 is 0 Å². The number of hydrogen-bond donors (Lipinski definition) is 0. The minimum absolute atomic E-state index is 0.265. The zero-order valence-corrected chi connectivity index (χ0v) is 32.7. The molecule has 2 aromatic heterocycles. The Hall–Kier alpha value is -7.82. The standard InChI is InChI=1S/C56H38N4/c1-3-13-43(14-4-1)59-51-21-11-7-17-45(51)47-35-41(31-33-53(47)59)37-23-27-39(28-24-37)55-56(58-50-20-10-9-19-49(50)57-55)40-29-25-38(26-30-40)42-32-34-54-48(36-42)46-18-8-12-22-52(46)60(54)44-15-5-2-6-16-44/h1-36,45,51H. The van der Waals surface area contributed by atoms with Crippen molar-refractivity contribution in [2.45, 2.75) is 12.0 Å². The number of nitrogens with zero attached hydrogens (tertiary/aromatic N) is 4. The third-order valence-corrected chi connectivity index (χ3v) is 12.3. The topological polar surface area (TPSA) is 34.0 Å². The van der Waals surface area contributed by atoms with Crippen LogP contribution in [0.25, 0.3) is 83.3 Å². The van der Waals surface area contributed by atoms with Crippen molar-refractivity contribution in [3.63, 3.8) is 0 Å². The van der Waals surface area contributed by atoms with Crippen LogP contribution in [0.2, 0.25) is 0 Å².